The number of carbonyl (C=O) groups excluding carboxylic acids is 3. The lowest BCUT2D eigenvalue weighted by molar-refractivity contribution is -0.144. The number of carbonyl (C=O) groups is 3. The van der Waals surface area contributed by atoms with E-state index in [1.165, 1.54) is 4.90 Å². The number of nitrogens with zero attached hydrogens (tertiary/aromatic N) is 4. The van der Waals surface area contributed by atoms with Gasteiger partial charge in [-0.1, -0.05) is 48.5 Å². The maximum absolute atomic E-state index is 13.4. The normalized spacial score (nSPS) is 19.1. The largest absolute Gasteiger partial charge is 0.389 e. The van der Waals surface area contributed by atoms with Crippen molar-refractivity contribution < 1.29 is 27.6 Å². The first kappa shape index (κ1) is 30.2. The molecular weight excluding hydrogens is 537 g/mol. The summed E-state index contributed by atoms with van der Waals surface area (Å²) in [5.74, 6) is -3.22. The first-order valence-electron chi connectivity index (χ1n) is 13.6. The highest BCUT2D eigenvalue weighted by molar-refractivity contribution is 6.20. The molecule has 12 heteroatoms. The second kappa shape index (κ2) is 13.3. The van der Waals surface area contributed by atoms with E-state index in [9.17, 15) is 27.6 Å². The third-order valence-corrected chi connectivity index (χ3v) is 7.34. The molecule has 2 heterocycles. The number of hydrogen-bond acceptors (Lipinski definition) is 6. The Morgan fingerprint density at radius 3 is 2.34 bits per heavy atom. The van der Waals surface area contributed by atoms with Crippen LogP contribution < -0.4 is 15.5 Å². The van der Waals surface area contributed by atoms with Gasteiger partial charge in [0.1, 0.15) is 0 Å². The number of benzodiazepines with no additional fused rings is 1. The molecule has 2 aliphatic rings. The van der Waals surface area contributed by atoms with Gasteiger partial charge in [0, 0.05) is 63.1 Å². The number of rotatable bonds is 9. The van der Waals surface area contributed by atoms with Crippen molar-refractivity contribution >= 4 is 29.1 Å². The van der Waals surface area contributed by atoms with Crippen LogP contribution in [-0.4, -0.2) is 92.5 Å². The van der Waals surface area contributed by atoms with Gasteiger partial charge in [-0.2, -0.15) is 13.2 Å². The Balaban J connectivity index is 1.53. The van der Waals surface area contributed by atoms with Crippen LogP contribution in [0.4, 0.5) is 18.9 Å². The number of likely N-dealkylation sites (N-methyl/N-ethyl adjacent to an activating group) is 2. The average Bonchev–Trinajstić information content (AvgIpc) is 3.05. The molecule has 0 aromatic heterocycles. The molecule has 220 valence electrons. The SMILES string of the molecule is CN1CCN(CNC(=O)C[C@@H](CCC(F)(F)F)C(=O)N[C@H]2N=C(c3ccccc3)c3ccccc3N(C)C2=O)CC1. The van der Waals surface area contributed by atoms with Crippen molar-refractivity contribution in [2.45, 2.75) is 31.6 Å². The summed E-state index contributed by atoms with van der Waals surface area (Å²) in [5.41, 5.74) is 2.41. The van der Waals surface area contributed by atoms with E-state index >= 15 is 0 Å². The van der Waals surface area contributed by atoms with Gasteiger partial charge in [0.25, 0.3) is 5.91 Å². The highest BCUT2D eigenvalue weighted by atomic mass is 19.4. The number of anilines is 1. The van der Waals surface area contributed by atoms with Gasteiger partial charge in [0.15, 0.2) is 0 Å². The summed E-state index contributed by atoms with van der Waals surface area (Å²) in [6.07, 6.45) is -8.17. The fourth-order valence-corrected chi connectivity index (χ4v) is 4.86. The third kappa shape index (κ3) is 8.14. The van der Waals surface area contributed by atoms with Gasteiger partial charge < -0.3 is 20.4 Å². The number of para-hydroxylation sites is 1. The summed E-state index contributed by atoms with van der Waals surface area (Å²) < 4.78 is 39.4. The topological polar surface area (TPSA) is 97.3 Å². The summed E-state index contributed by atoms with van der Waals surface area (Å²) in [6.45, 7) is 3.42. The predicted octanol–water partition coefficient (Wildman–Crippen LogP) is 2.61. The van der Waals surface area contributed by atoms with Crippen LogP contribution in [0.15, 0.2) is 59.6 Å². The summed E-state index contributed by atoms with van der Waals surface area (Å²) in [4.78, 5) is 49.7. The lowest BCUT2D eigenvalue weighted by Gasteiger charge is -2.32. The van der Waals surface area contributed by atoms with Gasteiger partial charge in [-0.25, -0.2) is 4.99 Å². The molecule has 2 aliphatic heterocycles. The van der Waals surface area contributed by atoms with E-state index in [-0.39, 0.29) is 6.67 Å². The molecule has 0 aliphatic carbocycles. The standard InChI is InChI=1S/C29H35F3N6O3/c1-36-14-16-38(17-15-36)19-33-24(39)18-21(12-13-29(30,31)32)27(40)35-26-28(41)37(2)23-11-7-6-10-22(23)25(34-26)20-8-4-3-5-9-20/h3-11,21,26H,12-19H2,1-2H3,(H,33,39)(H,35,40)/t21-,26-/m1/s1. The van der Waals surface area contributed by atoms with Gasteiger partial charge in [-0.15, -0.1) is 0 Å². The summed E-state index contributed by atoms with van der Waals surface area (Å²) in [5, 5.41) is 5.27. The van der Waals surface area contributed by atoms with Gasteiger partial charge in [-0.3, -0.25) is 19.3 Å². The minimum Gasteiger partial charge on any atom is -0.343 e. The molecule has 0 spiro atoms. The zero-order chi connectivity index (χ0) is 29.6. The number of piperazine rings is 1. The second-order valence-electron chi connectivity index (χ2n) is 10.4. The van der Waals surface area contributed by atoms with E-state index in [0.717, 1.165) is 26.2 Å². The molecule has 9 nitrogen and oxygen atoms in total. The van der Waals surface area contributed by atoms with Crippen molar-refractivity contribution in [3.8, 4) is 0 Å². The number of halogens is 3. The van der Waals surface area contributed by atoms with Crippen LogP contribution in [0, 0.1) is 5.92 Å². The van der Waals surface area contributed by atoms with Crippen LogP contribution in [0.3, 0.4) is 0 Å². The first-order chi connectivity index (χ1) is 19.5. The zero-order valence-electron chi connectivity index (χ0n) is 23.2. The summed E-state index contributed by atoms with van der Waals surface area (Å²) in [6, 6.07) is 16.3. The highest BCUT2D eigenvalue weighted by Gasteiger charge is 2.35. The van der Waals surface area contributed by atoms with Crippen LogP contribution >= 0.6 is 0 Å². The third-order valence-electron chi connectivity index (χ3n) is 7.34. The van der Waals surface area contributed by atoms with Crippen LogP contribution in [-0.2, 0) is 14.4 Å². The summed E-state index contributed by atoms with van der Waals surface area (Å²) >= 11 is 0. The lowest BCUT2D eigenvalue weighted by Crippen LogP contribution is -2.50. The Kier molecular flexibility index (Phi) is 9.77. The van der Waals surface area contributed by atoms with Crippen LogP contribution in [0.1, 0.15) is 30.4 Å². The monoisotopic (exact) mass is 572 g/mol. The maximum atomic E-state index is 13.4. The number of aliphatic imine (C=N–C) groups is 1. The molecule has 4 rings (SSSR count). The van der Waals surface area contributed by atoms with Crippen molar-refractivity contribution in [1.29, 1.82) is 0 Å². The van der Waals surface area contributed by atoms with E-state index in [1.807, 2.05) is 54.4 Å². The summed E-state index contributed by atoms with van der Waals surface area (Å²) in [7, 11) is 3.55. The Morgan fingerprint density at radius 2 is 1.66 bits per heavy atom. The molecule has 0 unspecified atom stereocenters. The average molecular weight is 573 g/mol. The quantitative estimate of drug-likeness (QED) is 0.482. The van der Waals surface area contributed by atoms with Crippen molar-refractivity contribution in [2.75, 3.05) is 51.8 Å². The molecule has 41 heavy (non-hydrogen) atoms. The van der Waals surface area contributed by atoms with Gasteiger partial charge in [0.05, 0.1) is 18.1 Å². The fraction of sp³-hybridized carbons (Fsp3) is 0.448. The molecule has 0 bridgehead atoms. The van der Waals surface area contributed by atoms with E-state index in [4.69, 9.17) is 0 Å². The molecule has 2 atom stereocenters. The Bertz CT molecular complexity index is 1260. The lowest BCUT2D eigenvalue weighted by atomic mass is 9.97. The van der Waals surface area contributed by atoms with Gasteiger partial charge in [-0.05, 0) is 19.5 Å². The van der Waals surface area contributed by atoms with Crippen LogP contribution in [0.5, 0.6) is 0 Å². The smallest absolute Gasteiger partial charge is 0.343 e. The predicted molar refractivity (Wildman–Crippen MR) is 149 cm³/mol. The van der Waals surface area contributed by atoms with E-state index in [2.05, 4.69) is 20.5 Å². The minimum absolute atomic E-state index is 0.245. The number of alkyl halides is 3. The molecule has 0 radical (unpaired) electrons. The Hall–Kier alpha value is -3.77. The second-order valence-corrected chi connectivity index (χ2v) is 10.4. The molecule has 1 fully saturated rings. The van der Waals surface area contributed by atoms with Gasteiger partial charge in [0.2, 0.25) is 18.0 Å². The molecule has 2 N–H and O–H groups in total. The first-order valence-corrected chi connectivity index (χ1v) is 13.6. The fourth-order valence-electron chi connectivity index (χ4n) is 4.86. The minimum atomic E-state index is -4.51. The van der Waals surface area contributed by atoms with E-state index < -0.39 is 55.2 Å². The maximum Gasteiger partial charge on any atom is 0.389 e. The van der Waals surface area contributed by atoms with Crippen LogP contribution in [0.2, 0.25) is 0 Å². The number of amides is 3. The molecule has 1 saturated heterocycles. The molecule has 2 aromatic rings. The van der Waals surface area contributed by atoms with Gasteiger partial charge >= 0.3 is 6.18 Å². The zero-order valence-corrected chi connectivity index (χ0v) is 23.2. The molecule has 2 aromatic carbocycles. The van der Waals surface area contributed by atoms with Crippen molar-refractivity contribution in [3.63, 3.8) is 0 Å². The van der Waals surface area contributed by atoms with Crippen molar-refractivity contribution in [3.05, 3.63) is 65.7 Å². The van der Waals surface area contributed by atoms with Crippen LogP contribution in [0.25, 0.3) is 0 Å². The van der Waals surface area contributed by atoms with E-state index in [0.29, 0.717) is 22.5 Å². The Morgan fingerprint density at radius 1 is 1.00 bits per heavy atom. The highest BCUT2D eigenvalue weighted by Crippen LogP contribution is 2.28. The molecular formula is C29H35F3N6O3. The van der Waals surface area contributed by atoms with Crippen molar-refractivity contribution in [1.82, 2.24) is 20.4 Å². The molecule has 0 saturated carbocycles. The number of hydrogen-bond donors (Lipinski definition) is 2. The number of nitrogens with one attached hydrogen (secondary N) is 2. The number of fused-ring (bicyclic) bond motifs is 1. The number of benzene rings is 2. The van der Waals surface area contributed by atoms with Crippen molar-refractivity contribution in [2.24, 2.45) is 10.9 Å². The van der Waals surface area contributed by atoms with E-state index in [1.54, 1.807) is 19.2 Å². The molecule has 3 amide bonds. The Labute approximate surface area is 237 Å².